The minimum atomic E-state index is -2.76. The number of rotatable bonds is 38. The molecule has 0 radical (unpaired) electrons. The number of anilines is 2. The Balaban J connectivity index is 0.000000431. The van der Waals surface area contributed by atoms with Crippen LogP contribution >= 0.6 is 11.3 Å². The molecule has 86 heavy (non-hydrogen) atoms. The van der Waals surface area contributed by atoms with E-state index in [0.29, 0.717) is 92.9 Å². The molecule has 0 saturated carbocycles. The molecule has 6 rings (SSSR count). The molecule has 1 atom stereocenters. The molecule has 1 unspecified atom stereocenters. The molecule has 1 saturated heterocycles. The Labute approximate surface area is 507 Å². The number of imidazole rings is 1. The minimum Gasteiger partial charge on any atom is -0.497 e. The van der Waals surface area contributed by atoms with Crippen molar-refractivity contribution in [2.24, 2.45) is 23.0 Å². The third-order valence-electron chi connectivity index (χ3n) is 13.2. The zero-order chi connectivity index (χ0) is 61.7. The number of aliphatic imine (C=N–C) groups is 1. The Morgan fingerprint density at radius 3 is 2.14 bits per heavy atom. The number of urea groups is 1. The van der Waals surface area contributed by atoms with E-state index >= 15 is 0 Å². The Morgan fingerprint density at radius 1 is 0.814 bits per heavy atom. The molecule has 26 heteroatoms. The molecular formula is C60H85F2N13O10S. The van der Waals surface area contributed by atoms with E-state index in [1.165, 1.54) is 29.4 Å². The van der Waals surface area contributed by atoms with Crippen LogP contribution in [0.15, 0.2) is 101 Å². The average Bonchev–Trinajstić information content (AvgIpc) is 4.23. The SMILES string of the molecule is CCCc1ccc(OCCCCN(C)CCOCCOCC/C(C=NCCOCCOc2ccc(NC(=O)Nc3nc(CC(=O)N4CCN(C)CC4)cs3)cc2)=N/N)cc1.COc1ccc(CNC(=O)C(c2cn(C)cn2)N(C=O)CC(F)F)cc1. The van der Waals surface area contributed by atoms with Crippen LogP contribution in [-0.2, 0) is 55.0 Å². The predicted molar refractivity (Wildman–Crippen MR) is 329 cm³/mol. The molecule has 0 spiro atoms. The first-order valence-electron chi connectivity index (χ1n) is 28.7. The number of benzene rings is 3. The van der Waals surface area contributed by atoms with Gasteiger partial charge in [0.15, 0.2) is 11.2 Å². The van der Waals surface area contributed by atoms with Crippen LogP contribution in [0.5, 0.6) is 17.2 Å². The maximum absolute atomic E-state index is 12.8. The molecule has 1 aliphatic heterocycles. The first kappa shape index (κ1) is 69.2. The second-order valence-electron chi connectivity index (χ2n) is 20.1. The number of nitrogens with two attached hydrogens (primary N) is 1. The van der Waals surface area contributed by atoms with Gasteiger partial charge in [-0.05, 0) is 99.6 Å². The smallest absolute Gasteiger partial charge is 0.325 e. The van der Waals surface area contributed by atoms with Gasteiger partial charge in [0.25, 0.3) is 6.43 Å². The van der Waals surface area contributed by atoms with Gasteiger partial charge in [0, 0.05) is 76.2 Å². The van der Waals surface area contributed by atoms with Gasteiger partial charge in [0.1, 0.15) is 23.9 Å². The number of hydrogen-bond donors (Lipinski definition) is 4. The Morgan fingerprint density at radius 2 is 1.48 bits per heavy atom. The molecule has 3 heterocycles. The summed E-state index contributed by atoms with van der Waals surface area (Å²) < 4.78 is 60.8. The topological polar surface area (TPSA) is 254 Å². The van der Waals surface area contributed by atoms with Crippen LogP contribution in [0.2, 0.25) is 0 Å². The molecule has 1 aliphatic rings. The van der Waals surface area contributed by atoms with Crippen LogP contribution in [0.25, 0.3) is 0 Å². The second-order valence-corrected chi connectivity index (χ2v) is 20.9. The fourth-order valence-electron chi connectivity index (χ4n) is 8.40. The number of alkyl halides is 2. The van der Waals surface area contributed by atoms with Crippen LogP contribution < -0.4 is 36.0 Å². The molecule has 3 aromatic carbocycles. The lowest BCUT2D eigenvalue weighted by atomic mass is 10.1. The highest BCUT2D eigenvalue weighted by atomic mass is 32.1. The normalized spacial score (nSPS) is 13.1. The lowest BCUT2D eigenvalue weighted by Crippen LogP contribution is -2.47. The fourth-order valence-corrected chi connectivity index (χ4v) is 9.11. The standard InChI is InChI=1S/C43H65N9O7S.C17H20F2N4O3/c1-4-7-35-8-12-39(13-9-35)58-24-6-5-18-50(2)23-27-57-29-28-55-25-16-37(49-44)33-45-17-26-56-30-31-59-40-14-10-36(11-15-40)46-42(54)48-43-47-38(34-60-43)32-41(53)52-21-19-51(3)20-22-52;1-22-8-14(21-10-22)16(23(11-24)9-15(18)19)17(25)20-7-12-3-5-13(26-2)6-4-12/h8-15,33-34H,4-7,16-32,44H2,1-3H3,(H2,46,47,48,54);3-6,8,10-11,15-16H,7,9H2,1-2H3,(H,20,25)/b45-33?,49-37-;. The summed E-state index contributed by atoms with van der Waals surface area (Å²) in [6, 6.07) is 20.8. The third-order valence-corrected chi connectivity index (χ3v) is 14.0. The lowest BCUT2D eigenvalue weighted by molar-refractivity contribution is -0.135. The molecule has 5 N–H and O–H groups in total. The van der Waals surface area contributed by atoms with Gasteiger partial charge in [0.2, 0.25) is 18.2 Å². The van der Waals surface area contributed by atoms with E-state index in [2.05, 4.69) is 91.1 Å². The maximum atomic E-state index is 12.8. The number of hydrogen-bond acceptors (Lipinski definition) is 18. The van der Waals surface area contributed by atoms with Gasteiger partial charge >= 0.3 is 6.03 Å². The lowest BCUT2D eigenvalue weighted by Gasteiger charge is -2.32. The zero-order valence-electron chi connectivity index (χ0n) is 50.1. The number of ether oxygens (including phenoxy) is 6. The Kier molecular flexibility index (Phi) is 32.1. The third kappa shape index (κ3) is 27.2. The van der Waals surface area contributed by atoms with Gasteiger partial charge in [-0.1, -0.05) is 37.6 Å². The Hall–Kier alpha value is -7.62. The number of methoxy groups -OCH3 is 1. The van der Waals surface area contributed by atoms with Crippen LogP contribution in [0, 0.1) is 0 Å². The van der Waals surface area contributed by atoms with Crippen LogP contribution in [0.1, 0.15) is 61.2 Å². The van der Waals surface area contributed by atoms with Crippen molar-refractivity contribution in [2.75, 3.05) is 137 Å². The van der Waals surface area contributed by atoms with Crippen molar-refractivity contribution in [2.45, 2.75) is 64.5 Å². The number of nitrogens with zero attached hydrogens (tertiary/aromatic N) is 9. The van der Waals surface area contributed by atoms with E-state index in [1.54, 1.807) is 78.9 Å². The molecule has 470 valence electrons. The van der Waals surface area contributed by atoms with Gasteiger partial charge in [-0.2, -0.15) is 5.10 Å². The first-order chi connectivity index (χ1) is 41.7. The van der Waals surface area contributed by atoms with E-state index < -0.39 is 31.0 Å². The van der Waals surface area contributed by atoms with Gasteiger partial charge in [-0.15, -0.1) is 11.3 Å². The first-order valence-corrected chi connectivity index (χ1v) is 29.6. The number of carbonyl (C=O) groups is 4. The van der Waals surface area contributed by atoms with Gasteiger partial charge in [-0.25, -0.2) is 23.5 Å². The predicted octanol–water partition coefficient (Wildman–Crippen LogP) is 6.56. The van der Waals surface area contributed by atoms with Gasteiger partial charge in [0.05, 0.1) is 96.3 Å². The number of thiazole rings is 1. The van der Waals surface area contributed by atoms with Crippen LogP contribution in [-0.4, -0.2) is 203 Å². The maximum Gasteiger partial charge on any atom is 0.325 e. The van der Waals surface area contributed by atoms with Crippen LogP contribution in [0.4, 0.5) is 24.4 Å². The molecule has 1 fully saturated rings. The van der Waals surface area contributed by atoms with Crippen molar-refractivity contribution >= 4 is 58.3 Å². The summed E-state index contributed by atoms with van der Waals surface area (Å²) in [7, 11) is 7.39. The number of halogens is 2. The average molecular weight is 1220 g/mol. The second kappa shape index (κ2) is 39.9. The number of piperazine rings is 1. The van der Waals surface area contributed by atoms with Crippen molar-refractivity contribution in [3.8, 4) is 17.2 Å². The summed E-state index contributed by atoms with van der Waals surface area (Å²) >= 11 is 1.28. The summed E-state index contributed by atoms with van der Waals surface area (Å²) in [5, 5.41) is 14.2. The quantitative estimate of drug-likeness (QED) is 0.0107. The highest BCUT2D eigenvalue weighted by Gasteiger charge is 2.31. The summed E-state index contributed by atoms with van der Waals surface area (Å²) in [5.41, 5.74) is 4.26. The van der Waals surface area contributed by atoms with E-state index in [9.17, 15) is 28.0 Å². The largest absolute Gasteiger partial charge is 0.497 e. The van der Waals surface area contributed by atoms with Crippen molar-refractivity contribution < 1.29 is 56.4 Å². The number of hydrazone groups is 1. The highest BCUT2D eigenvalue weighted by Crippen LogP contribution is 2.22. The van der Waals surface area contributed by atoms with Crippen molar-refractivity contribution in [3.05, 3.63) is 113 Å². The summed E-state index contributed by atoms with van der Waals surface area (Å²) in [6.45, 7) is 11.1. The summed E-state index contributed by atoms with van der Waals surface area (Å²) in [5.74, 6) is 7.26. The molecule has 5 amide bonds. The highest BCUT2D eigenvalue weighted by molar-refractivity contribution is 7.14. The fraction of sp³-hybridized carbons (Fsp3) is 0.500. The number of unbranched alkanes of at least 4 members (excludes halogenated alkanes) is 1. The minimum absolute atomic E-state index is 0.0508. The number of likely N-dealkylation sites (N-methyl/N-ethyl adjacent to an activating group) is 2. The van der Waals surface area contributed by atoms with Gasteiger partial charge < -0.3 is 69.1 Å². The van der Waals surface area contributed by atoms with E-state index in [-0.39, 0.29) is 31.0 Å². The molecule has 23 nitrogen and oxygen atoms in total. The van der Waals surface area contributed by atoms with E-state index in [0.717, 1.165) is 87.8 Å². The zero-order valence-corrected chi connectivity index (χ0v) is 50.9. The van der Waals surface area contributed by atoms with Crippen molar-refractivity contribution in [1.82, 2.24) is 39.5 Å². The van der Waals surface area contributed by atoms with Crippen molar-refractivity contribution in [3.63, 3.8) is 0 Å². The molecule has 2 aromatic heterocycles. The number of aromatic nitrogens is 3. The number of amides is 5. The summed E-state index contributed by atoms with van der Waals surface area (Å²) in [6.07, 6.45) is 7.20. The molecule has 5 aromatic rings. The van der Waals surface area contributed by atoms with Gasteiger partial charge in [-0.3, -0.25) is 24.7 Å². The number of nitrogens with one attached hydrogen (secondary N) is 3. The molecule has 0 aliphatic carbocycles. The van der Waals surface area contributed by atoms with E-state index in [1.807, 2.05) is 4.90 Å². The number of carbonyl (C=O) groups excluding carboxylic acids is 4. The summed E-state index contributed by atoms with van der Waals surface area (Å²) in [4.78, 5) is 68.8. The molecular weight excluding hydrogens is 1130 g/mol. The Bertz CT molecular complexity index is 2780. The number of aryl methyl sites for hydroxylation is 2. The van der Waals surface area contributed by atoms with E-state index in [4.69, 9.17) is 34.3 Å². The van der Waals surface area contributed by atoms with Crippen LogP contribution in [0.3, 0.4) is 0 Å². The van der Waals surface area contributed by atoms with Crippen molar-refractivity contribution in [1.29, 1.82) is 0 Å². The monoisotopic (exact) mass is 1220 g/mol. The molecule has 0 bridgehead atoms.